The molecule has 56 valence electrons. The van der Waals surface area contributed by atoms with Crippen molar-refractivity contribution in [2.45, 2.75) is 19.8 Å². The van der Waals surface area contributed by atoms with Crippen LogP contribution in [0.4, 0.5) is 0 Å². The summed E-state index contributed by atoms with van der Waals surface area (Å²) >= 11 is 0. The predicted molar refractivity (Wildman–Crippen MR) is 42.0 cm³/mol. The Kier molecular flexibility index (Phi) is 10.1. The van der Waals surface area contributed by atoms with Crippen molar-refractivity contribution in [3.63, 3.8) is 0 Å². The van der Waals surface area contributed by atoms with Crippen molar-refractivity contribution in [2.75, 3.05) is 13.1 Å². The van der Waals surface area contributed by atoms with Gasteiger partial charge in [-0.3, -0.25) is 0 Å². The van der Waals surface area contributed by atoms with Crippen molar-refractivity contribution in [1.82, 2.24) is 5.32 Å². The van der Waals surface area contributed by atoms with Gasteiger partial charge in [-0.25, -0.2) is 0 Å². The molecule has 1 N–H and O–H groups in total. The monoisotopic (exact) mass is 134 g/mol. The maximum absolute atomic E-state index is 3.37. The summed E-state index contributed by atoms with van der Waals surface area (Å²) in [5.41, 5.74) is 0. The van der Waals surface area contributed by atoms with Crippen LogP contribution < -0.4 is 24.2 Å². The van der Waals surface area contributed by atoms with Gasteiger partial charge in [0.1, 0.15) is 0 Å². The van der Waals surface area contributed by atoms with Crippen LogP contribution in [0.1, 0.15) is 19.8 Å². The topological polar surface area (TPSA) is 12.0 Å². The second-order valence-electron chi connectivity index (χ2n) is 2.62. The summed E-state index contributed by atoms with van der Waals surface area (Å²) in [4.78, 5) is 0. The van der Waals surface area contributed by atoms with Crippen LogP contribution in [0.2, 0.25) is 0 Å². The molecule has 1 aliphatic heterocycles. The molecule has 0 bridgehead atoms. The second kappa shape index (κ2) is 7.66. The fourth-order valence-electron chi connectivity index (χ4n) is 1.04. The van der Waals surface area contributed by atoms with Crippen molar-refractivity contribution < 1.29 is 18.9 Å². The molecule has 0 aliphatic carbocycles. The van der Waals surface area contributed by atoms with E-state index in [9.17, 15) is 0 Å². The minimum Gasteiger partial charge on any atom is -0.358 e. The molecule has 1 nitrogen and oxygen atoms in total. The van der Waals surface area contributed by atoms with Gasteiger partial charge in [0.2, 0.25) is 0 Å². The molecule has 0 spiro atoms. The Labute approximate surface area is 77.1 Å². The van der Waals surface area contributed by atoms with E-state index in [1.807, 2.05) is 0 Å². The predicted octanol–water partition coefficient (Wildman–Crippen LogP) is -1.34. The van der Waals surface area contributed by atoms with E-state index in [1.54, 1.807) is 0 Å². The zero-order valence-corrected chi connectivity index (χ0v) is 7.48. The summed E-state index contributed by atoms with van der Waals surface area (Å²) in [7, 11) is 0. The summed E-state index contributed by atoms with van der Waals surface area (Å²) in [5, 5.41) is 3.37. The van der Waals surface area contributed by atoms with Crippen LogP contribution in [-0.2, 0) is 0 Å². The summed E-state index contributed by atoms with van der Waals surface area (Å²) in [6, 6.07) is 0. The number of rotatable bonds is 0. The smallest absolute Gasteiger partial charge is 0.358 e. The van der Waals surface area contributed by atoms with Gasteiger partial charge in [-0.15, -0.1) is 0 Å². The molecule has 1 rings (SSSR count). The van der Waals surface area contributed by atoms with Crippen LogP contribution in [0.5, 0.6) is 0 Å². The van der Waals surface area contributed by atoms with Crippen LogP contribution in [0, 0.1) is 19.8 Å². The molecule has 0 radical (unpaired) electrons. The summed E-state index contributed by atoms with van der Waals surface area (Å²) < 4.78 is 0. The van der Waals surface area contributed by atoms with Gasteiger partial charge < -0.3 is 19.2 Å². The Morgan fingerprint density at radius 3 is 2.90 bits per heavy atom. The number of hydrogen-bond acceptors (Lipinski definition) is 1. The summed E-state index contributed by atoms with van der Waals surface area (Å²) in [6.45, 7) is 4.68. The van der Waals surface area contributed by atoms with E-state index in [4.69, 9.17) is 0 Å². The molecular weight excluding hydrogens is 117 g/mol. The minimum absolute atomic E-state index is 0. The first-order chi connectivity index (χ1) is 3.89. The molecular formula is C8H17LiN-. The van der Waals surface area contributed by atoms with Gasteiger partial charge in [-0.05, 0) is 13.1 Å². The SMILES string of the molecule is CC1C[CH-]CCNC1.[CH3-].[Li+]. The third-order valence-corrected chi connectivity index (χ3v) is 1.59. The first-order valence-electron chi connectivity index (χ1n) is 3.42. The van der Waals surface area contributed by atoms with Gasteiger partial charge in [0, 0.05) is 0 Å². The van der Waals surface area contributed by atoms with Crippen LogP contribution in [0.3, 0.4) is 0 Å². The molecule has 10 heavy (non-hydrogen) atoms. The number of nitrogens with one attached hydrogen (secondary N) is 1. The van der Waals surface area contributed by atoms with E-state index in [-0.39, 0.29) is 26.3 Å². The van der Waals surface area contributed by atoms with Gasteiger partial charge in [-0.1, -0.05) is 12.8 Å². The fraction of sp³-hybridized carbons (Fsp3) is 0.750. The molecule has 0 aromatic heterocycles. The Hall–Kier alpha value is 0.557. The van der Waals surface area contributed by atoms with Gasteiger partial charge in [0.15, 0.2) is 0 Å². The largest absolute Gasteiger partial charge is 1.00 e. The molecule has 1 atom stereocenters. The van der Waals surface area contributed by atoms with Gasteiger partial charge in [0.05, 0.1) is 0 Å². The minimum atomic E-state index is 0. The molecule has 1 heterocycles. The average Bonchev–Trinajstić information content (AvgIpc) is 1.94. The van der Waals surface area contributed by atoms with Crippen LogP contribution in [-0.4, -0.2) is 13.1 Å². The summed E-state index contributed by atoms with van der Waals surface area (Å²) in [5.74, 6) is 0.859. The van der Waals surface area contributed by atoms with E-state index in [0.717, 1.165) is 5.92 Å². The van der Waals surface area contributed by atoms with Crippen molar-refractivity contribution >= 4 is 0 Å². The standard InChI is InChI=1S/C7H14N.CH3.Li/c1-7-4-2-3-5-8-6-7;;/h2,7-8H,3-6H2,1H3;1H3;/q2*-1;+1. The Balaban J connectivity index is 0. The van der Waals surface area contributed by atoms with E-state index in [0.29, 0.717) is 0 Å². The zero-order valence-electron chi connectivity index (χ0n) is 7.48. The molecule has 1 saturated heterocycles. The molecule has 1 fully saturated rings. The third-order valence-electron chi connectivity index (χ3n) is 1.59. The normalized spacial score (nSPS) is 25.5. The second-order valence-corrected chi connectivity index (χ2v) is 2.62. The van der Waals surface area contributed by atoms with Crippen LogP contribution in [0.15, 0.2) is 0 Å². The maximum atomic E-state index is 3.37. The Morgan fingerprint density at radius 2 is 2.20 bits per heavy atom. The maximum Gasteiger partial charge on any atom is 1.00 e. The first-order valence-corrected chi connectivity index (χ1v) is 3.42. The first kappa shape index (κ1) is 13.2. The van der Waals surface area contributed by atoms with Gasteiger partial charge in [0.25, 0.3) is 0 Å². The van der Waals surface area contributed by atoms with Crippen LogP contribution >= 0.6 is 0 Å². The molecule has 2 heteroatoms. The van der Waals surface area contributed by atoms with E-state index in [1.165, 1.54) is 25.9 Å². The van der Waals surface area contributed by atoms with Gasteiger partial charge in [-0.2, -0.15) is 12.8 Å². The van der Waals surface area contributed by atoms with Crippen LogP contribution in [0.25, 0.3) is 0 Å². The summed E-state index contributed by atoms with van der Waals surface area (Å²) in [6.07, 6.45) is 4.93. The van der Waals surface area contributed by atoms with Crippen molar-refractivity contribution in [3.05, 3.63) is 13.8 Å². The van der Waals surface area contributed by atoms with E-state index in [2.05, 4.69) is 18.7 Å². The van der Waals surface area contributed by atoms with E-state index < -0.39 is 0 Å². The van der Waals surface area contributed by atoms with Crippen molar-refractivity contribution in [2.24, 2.45) is 5.92 Å². The van der Waals surface area contributed by atoms with E-state index >= 15 is 0 Å². The molecule has 0 aromatic rings. The number of hydrogen-bond donors (Lipinski definition) is 1. The molecule has 0 amide bonds. The van der Waals surface area contributed by atoms with Gasteiger partial charge >= 0.3 is 18.9 Å². The fourth-order valence-corrected chi connectivity index (χ4v) is 1.04. The average molecular weight is 134 g/mol. The molecule has 0 saturated carbocycles. The third kappa shape index (κ3) is 5.35. The van der Waals surface area contributed by atoms with Crippen molar-refractivity contribution in [3.8, 4) is 0 Å². The molecule has 1 aliphatic rings. The Morgan fingerprint density at radius 1 is 1.50 bits per heavy atom. The van der Waals surface area contributed by atoms with Crippen molar-refractivity contribution in [1.29, 1.82) is 0 Å². The quantitative estimate of drug-likeness (QED) is 0.319. The zero-order chi connectivity index (χ0) is 5.82. The molecule has 0 aromatic carbocycles. The Bertz CT molecular complexity index is 58.3. The molecule has 1 unspecified atom stereocenters.